The first-order valence-corrected chi connectivity index (χ1v) is 10.4. The summed E-state index contributed by atoms with van der Waals surface area (Å²) in [6.45, 7) is 9.31. The molecule has 0 aromatic heterocycles. The van der Waals surface area contributed by atoms with E-state index in [0.29, 0.717) is 61.6 Å². The molecular weight excluding hydrogens is 388 g/mol. The smallest absolute Gasteiger partial charge is 0.300 e. The minimum atomic E-state index is -0.525. The van der Waals surface area contributed by atoms with Crippen molar-refractivity contribution in [1.29, 1.82) is 0 Å². The van der Waals surface area contributed by atoms with Gasteiger partial charge in [-0.1, -0.05) is 13.8 Å². The first-order valence-electron chi connectivity index (χ1n) is 10.4. The highest BCUT2D eigenvalue weighted by molar-refractivity contribution is 6.52. The van der Waals surface area contributed by atoms with Gasteiger partial charge in [-0.15, -0.1) is 0 Å². The van der Waals surface area contributed by atoms with Gasteiger partial charge in [-0.3, -0.25) is 29.1 Å². The Kier molecular flexibility index (Phi) is 5.92. The summed E-state index contributed by atoms with van der Waals surface area (Å²) in [5, 5.41) is 2.94. The van der Waals surface area contributed by atoms with Crippen molar-refractivity contribution in [3.63, 3.8) is 0 Å². The highest BCUT2D eigenvalue weighted by atomic mass is 16.6. The number of hydrogen-bond acceptors (Lipinski definition) is 7. The van der Waals surface area contributed by atoms with Crippen LogP contribution in [0.1, 0.15) is 24.2 Å². The fraction of sp³-hybridized carbons (Fsp3) is 0.571. The normalized spacial score (nSPS) is 19.4. The average Bonchev–Trinajstić information content (AvgIpc) is 2.96. The minimum absolute atomic E-state index is 0.0402. The lowest BCUT2D eigenvalue weighted by molar-refractivity contribution is -0.122. The Hall–Kier alpha value is -2.65. The zero-order valence-corrected chi connectivity index (χ0v) is 17.5. The van der Waals surface area contributed by atoms with Crippen molar-refractivity contribution in [2.75, 3.05) is 64.1 Å². The van der Waals surface area contributed by atoms with E-state index in [4.69, 9.17) is 9.47 Å². The molecule has 1 fully saturated rings. The first-order chi connectivity index (χ1) is 14.4. The highest BCUT2D eigenvalue weighted by Crippen LogP contribution is 2.40. The third kappa shape index (κ3) is 4.27. The van der Waals surface area contributed by atoms with Gasteiger partial charge in [-0.25, -0.2) is 0 Å². The molecule has 0 atom stereocenters. The van der Waals surface area contributed by atoms with Gasteiger partial charge in [-0.05, 0) is 12.0 Å². The van der Waals surface area contributed by atoms with Crippen LogP contribution in [0.25, 0.3) is 0 Å². The lowest BCUT2D eigenvalue weighted by Gasteiger charge is -2.36. The second-order valence-electron chi connectivity index (χ2n) is 8.31. The maximum absolute atomic E-state index is 12.6. The van der Waals surface area contributed by atoms with Crippen LogP contribution in [0.3, 0.4) is 0 Å². The van der Waals surface area contributed by atoms with Crippen molar-refractivity contribution in [3.8, 4) is 11.5 Å². The molecule has 30 heavy (non-hydrogen) atoms. The summed E-state index contributed by atoms with van der Waals surface area (Å²) in [6.07, 6.45) is 0. The van der Waals surface area contributed by atoms with Crippen molar-refractivity contribution in [1.82, 2.24) is 15.1 Å². The molecule has 0 bridgehead atoms. The van der Waals surface area contributed by atoms with Gasteiger partial charge in [0, 0.05) is 38.8 Å². The van der Waals surface area contributed by atoms with E-state index in [9.17, 15) is 14.4 Å². The largest absolute Gasteiger partial charge is 0.486 e. The zero-order valence-electron chi connectivity index (χ0n) is 17.5. The number of anilines is 1. The summed E-state index contributed by atoms with van der Waals surface area (Å²) in [4.78, 5) is 42.8. The number of nitrogens with one attached hydrogen (secondary N) is 1. The second kappa shape index (κ2) is 8.61. The fourth-order valence-corrected chi connectivity index (χ4v) is 3.84. The molecule has 2 amide bonds. The van der Waals surface area contributed by atoms with E-state index >= 15 is 0 Å². The summed E-state index contributed by atoms with van der Waals surface area (Å²) < 4.78 is 11.1. The Bertz CT molecular complexity index is 848. The van der Waals surface area contributed by atoms with Gasteiger partial charge in [0.2, 0.25) is 5.91 Å². The van der Waals surface area contributed by atoms with Gasteiger partial charge >= 0.3 is 5.91 Å². The van der Waals surface area contributed by atoms with E-state index in [2.05, 4.69) is 29.0 Å². The monoisotopic (exact) mass is 416 g/mol. The first kappa shape index (κ1) is 20.6. The molecule has 1 saturated heterocycles. The zero-order chi connectivity index (χ0) is 21.3. The number of carbonyl (C=O) groups is 3. The summed E-state index contributed by atoms with van der Waals surface area (Å²) in [5.74, 6) is 0.498. The molecular formula is C21H28N4O5. The summed E-state index contributed by atoms with van der Waals surface area (Å²) >= 11 is 0. The van der Waals surface area contributed by atoms with Gasteiger partial charge in [0.1, 0.15) is 13.2 Å². The Morgan fingerprint density at radius 2 is 1.67 bits per heavy atom. The molecule has 3 heterocycles. The van der Waals surface area contributed by atoms with Crippen LogP contribution in [0.5, 0.6) is 11.5 Å². The number of carbonyl (C=O) groups excluding carboxylic acids is 3. The van der Waals surface area contributed by atoms with Crippen LogP contribution >= 0.6 is 0 Å². The number of ketones is 1. The second-order valence-corrected chi connectivity index (χ2v) is 8.31. The van der Waals surface area contributed by atoms with Gasteiger partial charge in [0.25, 0.3) is 5.78 Å². The molecule has 3 aliphatic heterocycles. The third-order valence-electron chi connectivity index (χ3n) is 5.52. The maximum Gasteiger partial charge on any atom is 0.300 e. The molecule has 162 valence electrons. The number of nitrogens with zero attached hydrogens (tertiary/aromatic N) is 3. The molecule has 1 aromatic carbocycles. The molecule has 1 N–H and O–H groups in total. The number of piperazine rings is 1. The Morgan fingerprint density at radius 1 is 1.03 bits per heavy atom. The van der Waals surface area contributed by atoms with E-state index in [1.54, 1.807) is 12.1 Å². The van der Waals surface area contributed by atoms with Crippen molar-refractivity contribution in [2.45, 2.75) is 13.8 Å². The van der Waals surface area contributed by atoms with Crippen LogP contribution in [0.15, 0.2) is 12.1 Å². The molecule has 4 rings (SSSR count). The van der Waals surface area contributed by atoms with E-state index in [1.165, 1.54) is 4.90 Å². The Morgan fingerprint density at radius 3 is 2.33 bits per heavy atom. The third-order valence-corrected chi connectivity index (χ3v) is 5.52. The molecule has 3 aliphatic rings. The number of amides is 2. The van der Waals surface area contributed by atoms with Gasteiger partial charge in [-0.2, -0.15) is 0 Å². The van der Waals surface area contributed by atoms with E-state index < -0.39 is 11.7 Å². The van der Waals surface area contributed by atoms with Crippen molar-refractivity contribution < 1.29 is 23.9 Å². The van der Waals surface area contributed by atoms with Crippen molar-refractivity contribution in [2.24, 2.45) is 5.92 Å². The maximum atomic E-state index is 12.6. The van der Waals surface area contributed by atoms with E-state index in [-0.39, 0.29) is 5.91 Å². The number of Topliss-reactive ketones (excluding diaryl/α,β-unsaturated/α-hetero) is 1. The lowest BCUT2D eigenvalue weighted by atomic mass is 10.1. The molecule has 1 aromatic rings. The minimum Gasteiger partial charge on any atom is -0.486 e. The average molecular weight is 416 g/mol. The molecule has 0 spiro atoms. The van der Waals surface area contributed by atoms with Gasteiger partial charge < -0.3 is 14.8 Å². The van der Waals surface area contributed by atoms with Crippen LogP contribution in [-0.4, -0.2) is 86.5 Å². The molecule has 9 heteroatoms. The quantitative estimate of drug-likeness (QED) is 0.669. The van der Waals surface area contributed by atoms with Gasteiger partial charge in [0.15, 0.2) is 11.5 Å². The SMILES string of the molecule is CC(C)CNC(=O)CN1CCN(CN2C(=O)C(=O)c3cc4c(cc32)OCCO4)CC1. The predicted octanol–water partition coefficient (Wildman–Crippen LogP) is 0.334. The standard InChI is InChI=1S/C21H28N4O5/c1-14(2)11-22-19(26)12-23-3-5-24(6-4-23)13-25-16-10-18-17(29-7-8-30-18)9-15(16)20(27)21(25)28/h9-10,14H,3-8,11-13H2,1-2H3,(H,22,26). The van der Waals surface area contributed by atoms with Crippen LogP contribution in [0.4, 0.5) is 5.69 Å². The molecule has 0 radical (unpaired) electrons. The van der Waals surface area contributed by atoms with Crippen LogP contribution in [-0.2, 0) is 9.59 Å². The van der Waals surface area contributed by atoms with Crippen LogP contribution in [0, 0.1) is 5.92 Å². The van der Waals surface area contributed by atoms with Gasteiger partial charge in [0.05, 0.1) is 24.5 Å². The summed E-state index contributed by atoms with van der Waals surface area (Å²) in [5.41, 5.74) is 0.939. The van der Waals surface area contributed by atoms with Crippen molar-refractivity contribution in [3.05, 3.63) is 17.7 Å². The number of fused-ring (bicyclic) bond motifs is 2. The van der Waals surface area contributed by atoms with Crippen LogP contribution < -0.4 is 19.7 Å². The summed E-state index contributed by atoms with van der Waals surface area (Å²) in [7, 11) is 0. The molecule has 0 saturated carbocycles. The highest BCUT2D eigenvalue weighted by Gasteiger charge is 2.38. The number of rotatable bonds is 6. The van der Waals surface area contributed by atoms with E-state index in [0.717, 1.165) is 26.2 Å². The predicted molar refractivity (Wildman–Crippen MR) is 110 cm³/mol. The topological polar surface area (TPSA) is 91.4 Å². The number of hydrogen-bond donors (Lipinski definition) is 1. The fourth-order valence-electron chi connectivity index (χ4n) is 3.84. The summed E-state index contributed by atoms with van der Waals surface area (Å²) in [6, 6.07) is 3.33. The Labute approximate surface area is 175 Å². The molecule has 0 aliphatic carbocycles. The molecule has 9 nitrogen and oxygen atoms in total. The number of benzene rings is 1. The molecule has 0 unspecified atom stereocenters. The van der Waals surface area contributed by atoms with E-state index in [1.807, 2.05) is 0 Å². The Balaban J connectivity index is 1.35. The number of ether oxygens (including phenoxy) is 2. The lowest BCUT2D eigenvalue weighted by Crippen LogP contribution is -2.52. The van der Waals surface area contributed by atoms with Crippen LogP contribution in [0.2, 0.25) is 0 Å². The van der Waals surface area contributed by atoms with Crippen molar-refractivity contribution >= 4 is 23.3 Å².